The number of nitrogens with zero attached hydrogens (tertiary/aromatic N) is 1. The zero-order valence-corrected chi connectivity index (χ0v) is 22.9. The van der Waals surface area contributed by atoms with Gasteiger partial charge in [-0.15, -0.1) is 0 Å². The summed E-state index contributed by atoms with van der Waals surface area (Å²) in [5, 5.41) is 14.4. The van der Waals surface area contributed by atoms with Crippen LogP contribution in [0.5, 0.6) is 5.75 Å². The molecular weight excluding hydrogens is 518 g/mol. The van der Waals surface area contributed by atoms with Gasteiger partial charge in [0.1, 0.15) is 28.5 Å². The second-order valence-corrected chi connectivity index (χ2v) is 12.1. The van der Waals surface area contributed by atoms with Crippen molar-refractivity contribution in [3.8, 4) is 22.9 Å². The lowest BCUT2D eigenvalue weighted by Crippen LogP contribution is -2.51. The maximum Gasteiger partial charge on any atom is 0.408 e. The van der Waals surface area contributed by atoms with Crippen molar-refractivity contribution >= 4 is 21.7 Å². The van der Waals surface area contributed by atoms with Crippen molar-refractivity contribution in [1.82, 2.24) is 10.6 Å². The number of rotatable bonds is 5. The van der Waals surface area contributed by atoms with E-state index in [0.29, 0.717) is 5.57 Å². The predicted molar refractivity (Wildman–Crippen MR) is 146 cm³/mol. The molecule has 0 saturated heterocycles. The molecule has 0 bridgehead atoms. The van der Waals surface area contributed by atoms with E-state index in [1.165, 1.54) is 12.3 Å². The fourth-order valence-corrected chi connectivity index (χ4v) is 5.93. The number of amides is 1. The first-order chi connectivity index (χ1) is 18.4. The molecule has 0 aromatic heterocycles. The number of hydrogen-bond donors (Lipinski definition) is 2. The van der Waals surface area contributed by atoms with Gasteiger partial charge >= 0.3 is 6.09 Å². The highest BCUT2D eigenvalue weighted by Crippen LogP contribution is 2.32. The van der Waals surface area contributed by atoms with Gasteiger partial charge in [0.15, 0.2) is 15.6 Å². The van der Waals surface area contributed by atoms with Gasteiger partial charge in [-0.3, -0.25) is 4.79 Å². The number of alkyl carbamates (subject to hydrolysis) is 1. The molecule has 1 atom stereocenters. The minimum Gasteiger partial charge on any atom is -0.497 e. The Morgan fingerprint density at radius 3 is 2.28 bits per heavy atom. The third-order valence-electron chi connectivity index (χ3n) is 6.09. The lowest BCUT2D eigenvalue weighted by atomic mass is 9.91. The third-order valence-corrected chi connectivity index (χ3v) is 7.80. The summed E-state index contributed by atoms with van der Waals surface area (Å²) in [6.07, 6.45) is 2.05. The maximum atomic E-state index is 13.6. The monoisotopic (exact) mass is 547 g/mol. The van der Waals surface area contributed by atoms with Crippen LogP contribution >= 0.6 is 0 Å². The first-order valence-electron chi connectivity index (χ1n) is 12.2. The van der Waals surface area contributed by atoms with E-state index in [9.17, 15) is 23.3 Å². The van der Waals surface area contributed by atoms with E-state index in [1.807, 2.05) is 54.6 Å². The molecule has 0 unspecified atom stereocenters. The molecule has 10 heteroatoms. The summed E-state index contributed by atoms with van der Waals surface area (Å²) in [6.45, 7) is 4.99. The molecule has 2 heterocycles. The Bertz CT molecular complexity index is 1540. The van der Waals surface area contributed by atoms with Crippen LogP contribution in [-0.2, 0) is 25.8 Å². The highest BCUT2D eigenvalue weighted by Gasteiger charge is 2.42. The van der Waals surface area contributed by atoms with Gasteiger partial charge in [0.25, 0.3) is 0 Å². The largest absolute Gasteiger partial charge is 0.497 e. The number of nitriles is 1. The number of sulfone groups is 1. The molecule has 202 valence electrons. The normalized spacial score (nSPS) is 18.4. The molecule has 2 aromatic carbocycles. The number of benzene rings is 2. The number of allylic oxidation sites excluding steroid dienone is 3. The summed E-state index contributed by atoms with van der Waals surface area (Å²) >= 11 is 0. The molecule has 0 aliphatic carbocycles. The van der Waals surface area contributed by atoms with E-state index in [4.69, 9.17) is 9.47 Å². The minimum atomic E-state index is -4.01. The van der Waals surface area contributed by atoms with Gasteiger partial charge in [-0.05, 0) is 67.7 Å². The molecular formula is C29H29N3O6S. The van der Waals surface area contributed by atoms with Gasteiger partial charge in [0.05, 0.1) is 24.0 Å². The SMILES string of the molecule is COc1ccc(-c2ccc(CC3=CC(C#N)=CNC4=C3C(=O)[C@@H](NC(=O)OC(C)(C)C)CS4(=O)=O)cc2)cc1. The van der Waals surface area contributed by atoms with E-state index in [2.05, 4.69) is 10.6 Å². The number of ketones is 1. The van der Waals surface area contributed by atoms with Crippen molar-refractivity contribution in [1.29, 1.82) is 5.26 Å². The number of ether oxygens (including phenoxy) is 2. The van der Waals surface area contributed by atoms with Crippen LogP contribution in [0, 0.1) is 11.3 Å². The van der Waals surface area contributed by atoms with Gasteiger partial charge < -0.3 is 20.1 Å². The fourth-order valence-electron chi connectivity index (χ4n) is 4.31. The Balaban J connectivity index is 1.66. The van der Waals surface area contributed by atoms with Gasteiger partial charge in [-0.25, -0.2) is 13.2 Å². The molecule has 0 fully saturated rings. The Labute approximate surface area is 227 Å². The smallest absolute Gasteiger partial charge is 0.408 e. The summed E-state index contributed by atoms with van der Waals surface area (Å²) in [5.74, 6) is -0.454. The van der Waals surface area contributed by atoms with Crippen molar-refractivity contribution in [2.75, 3.05) is 12.9 Å². The van der Waals surface area contributed by atoms with Crippen molar-refractivity contribution in [2.45, 2.75) is 38.8 Å². The minimum absolute atomic E-state index is 0.0805. The average Bonchev–Trinajstić information content (AvgIpc) is 3.06. The second-order valence-electron chi connectivity index (χ2n) is 10.2. The van der Waals surface area contributed by atoms with E-state index in [0.717, 1.165) is 22.4 Å². The summed E-state index contributed by atoms with van der Waals surface area (Å²) in [4.78, 5) is 26.0. The number of hydrogen-bond acceptors (Lipinski definition) is 8. The summed E-state index contributed by atoms with van der Waals surface area (Å²) in [5.41, 5.74) is 2.36. The number of carbonyl (C=O) groups excluding carboxylic acids is 2. The van der Waals surface area contributed by atoms with E-state index in [-0.39, 0.29) is 22.6 Å². The van der Waals surface area contributed by atoms with Crippen molar-refractivity contribution in [3.63, 3.8) is 0 Å². The highest BCUT2D eigenvalue weighted by atomic mass is 32.2. The lowest BCUT2D eigenvalue weighted by molar-refractivity contribution is -0.117. The molecule has 2 N–H and O–H groups in total. The Kier molecular flexibility index (Phi) is 7.65. The van der Waals surface area contributed by atoms with Gasteiger partial charge in [0, 0.05) is 6.20 Å². The first kappa shape index (κ1) is 27.7. The van der Waals surface area contributed by atoms with Crippen LogP contribution in [0.1, 0.15) is 26.3 Å². The molecule has 39 heavy (non-hydrogen) atoms. The van der Waals surface area contributed by atoms with Gasteiger partial charge in [-0.2, -0.15) is 5.26 Å². The zero-order valence-electron chi connectivity index (χ0n) is 22.1. The van der Waals surface area contributed by atoms with E-state index in [1.54, 1.807) is 27.9 Å². The lowest BCUT2D eigenvalue weighted by Gasteiger charge is -2.28. The Hall–Kier alpha value is -4.36. The first-order valence-corrected chi connectivity index (χ1v) is 13.9. The summed E-state index contributed by atoms with van der Waals surface area (Å²) < 4.78 is 36.9. The van der Waals surface area contributed by atoms with E-state index < -0.39 is 39.1 Å². The molecule has 2 aliphatic heterocycles. The molecule has 0 saturated carbocycles. The molecule has 4 rings (SSSR count). The summed E-state index contributed by atoms with van der Waals surface area (Å²) in [6, 6.07) is 15.9. The number of nitrogens with one attached hydrogen (secondary N) is 2. The van der Waals surface area contributed by atoms with Crippen molar-refractivity contribution in [2.24, 2.45) is 0 Å². The van der Waals surface area contributed by atoms with Crippen LogP contribution in [0.4, 0.5) is 4.79 Å². The average molecular weight is 548 g/mol. The Morgan fingerprint density at radius 1 is 1.10 bits per heavy atom. The topological polar surface area (TPSA) is 135 Å². The zero-order chi connectivity index (χ0) is 28.4. The fraction of sp³-hybridized carbons (Fsp3) is 0.276. The molecule has 2 aromatic rings. The van der Waals surface area contributed by atoms with Gasteiger partial charge in [-0.1, -0.05) is 36.4 Å². The van der Waals surface area contributed by atoms with Crippen LogP contribution < -0.4 is 15.4 Å². The van der Waals surface area contributed by atoms with Crippen LogP contribution in [0.3, 0.4) is 0 Å². The van der Waals surface area contributed by atoms with E-state index >= 15 is 0 Å². The highest BCUT2D eigenvalue weighted by molar-refractivity contribution is 7.95. The second kappa shape index (κ2) is 10.8. The van der Waals surface area contributed by atoms with Crippen LogP contribution in [0.2, 0.25) is 0 Å². The molecule has 9 nitrogen and oxygen atoms in total. The molecule has 2 aliphatic rings. The van der Waals surface area contributed by atoms with Crippen LogP contribution in [0.25, 0.3) is 11.1 Å². The van der Waals surface area contributed by atoms with Crippen molar-refractivity contribution < 1.29 is 27.5 Å². The number of methoxy groups -OCH3 is 1. The Morgan fingerprint density at radius 2 is 1.72 bits per heavy atom. The quantitative estimate of drug-likeness (QED) is 0.575. The van der Waals surface area contributed by atoms with Gasteiger partial charge in [0.2, 0.25) is 0 Å². The summed E-state index contributed by atoms with van der Waals surface area (Å²) in [7, 11) is -2.41. The molecule has 0 radical (unpaired) electrons. The number of Topliss-reactive ketones (excluding diaryl/α,β-unsaturated/α-hetero) is 1. The molecule has 1 amide bonds. The van der Waals surface area contributed by atoms with Crippen molar-refractivity contribution in [3.05, 3.63) is 88.1 Å². The predicted octanol–water partition coefficient (Wildman–Crippen LogP) is 3.94. The van der Waals surface area contributed by atoms with Crippen LogP contribution in [-0.4, -0.2) is 44.8 Å². The third kappa shape index (κ3) is 6.38. The standard InChI is InChI=1S/C29H29N3O6S/c1-29(2,3)38-28(34)32-24-17-39(35,36)27-25(26(24)33)22(14-19(15-30)16-31-27)13-18-5-7-20(8-6-18)21-9-11-23(37-4)12-10-21/h5-12,14,16,24,31H,13,17H2,1-4H3,(H,32,34)/t24-/m0/s1. The maximum absolute atomic E-state index is 13.6. The molecule has 0 spiro atoms. The van der Waals surface area contributed by atoms with Crippen LogP contribution in [0.15, 0.2) is 82.6 Å². The number of carbonyl (C=O) groups is 2.